The fourth-order valence-electron chi connectivity index (χ4n) is 6.85. The largest absolute Gasteiger partial charge is 0.456 e. The normalized spacial score (nSPS) is 11.5. The molecule has 0 fully saturated rings. The molecule has 0 spiro atoms. The Morgan fingerprint density at radius 2 is 0.913 bits per heavy atom. The Morgan fingerprint density at radius 1 is 0.370 bits per heavy atom. The fraction of sp³-hybridized carbons (Fsp3) is 0. The van der Waals surface area contributed by atoms with Crippen molar-refractivity contribution in [3.63, 3.8) is 0 Å². The standard InChI is InChI=1S/C43H25NO2/c44-26-29-10-1-2-11-30(29)31-12-3-4-13-32(31)38-24-27(28-21-23-35-34-14-5-7-17-39(34)46-42(35)25-28)20-22-33(38)36-16-9-19-41-43(36)37-15-6-8-18-40(37)45-41/h1-25H. The van der Waals surface area contributed by atoms with Crippen LogP contribution in [0.5, 0.6) is 0 Å². The zero-order chi connectivity index (χ0) is 30.6. The summed E-state index contributed by atoms with van der Waals surface area (Å²) in [6, 6.07) is 54.4. The average Bonchev–Trinajstić information content (AvgIpc) is 3.69. The molecule has 214 valence electrons. The molecular weight excluding hydrogens is 562 g/mol. The summed E-state index contributed by atoms with van der Waals surface area (Å²) < 4.78 is 12.6. The van der Waals surface area contributed by atoms with E-state index in [4.69, 9.17) is 8.83 Å². The van der Waals surface area contributed by atoms with Gasteiger partial charge in [-0.25, -0.2) is 0 Å². The number of hydrogen-bond donors (Lipinski definition) is 0. The van der Waals surface area contributed by atoms with E-state index in [0.717, 1.165) is 88.4 Å². The van der Waals surface area contributed by atoms with Crippen molar-refractivity contribution in [1.82, 2.24) is 0 Å². The molecule has 9 rings (SSSR count). The Morgan fingerprint density at radius 3 is 1.74 bits per heavy atom. The molecule has 0 N–H and O–H groups in total. The third-order valence-corrected chi connectivity index (χ3v) is 8.98. The summed E-state index contributed by atoms with van der Waals surface area (Å²) >= 11 is 0. The van der Waals surface area contributed by atoms with Gasteiger partial charge in [0.15, 0.2) is 0 Å². The topological polar surface area (TPSA) is 50.1 Å². The van der Waals surface area contributed by atoms with Crippen LogP contribution in [-0.2, 0) is 0 Å². The Labute approximate surface area is 265 Å². The van der Waals surface area contributed by atoms with E-state index in [1.165, 1.54) is 0 Å². The lowest BCUT2D eigenvalue weighted by molar-refractivity contribution is 0.668. The minimum absolute atomic E-state index is 0.644. The maximum Gasteiger partial charge on any atom is 0.136 e. The number of rotatable bonds is 4. The van der Waals surface area contributed by atoms with Gasteiger partial charge in [0.1, 0.15) is 22.3 Å². The molecule has 0 unspecified atom stereocenters. The summed E-state index contributed by atoms with van der Waals surface area (Å²) in [7, 11) is 0. The summed E-state index contributed by atoms with van der Waals surface area (Å²) in [6.45, 7) is 0. The smallest absolute Gasteiger partial charge is 0.136 e. The minimum Gasteiger partial charge on any atom is -0.456 e. The van der Waals surface area contributed by atoms with Crippen LogP contribution in [0.15, 0.2) is 160 Å². The lowest BCUT2D eigenvalue weighted by Gasteiger charge is -2.18. The van der Waals surface area contributed by atoms with Crippen molar-refractivity contribution in [2.45, 2.75) is 0 Å². The van der Waals surface area contributed by atoms with Crippen LogP contribution in [0, 0.1) is 11.3 Å². The molecule has 7 aromatic carbocycles. The number of nitriles is 1. The molecule has 0 atom stereocenters. The Hall–Kier alpha value is -6.37. The maximum atomic E-state index is 10.0. The van der Waals surface area contributed by atoms with Gasteiger partial charge < -0.3 is 8.83 Å². The fourth-order valence-corrected chi connectivity index (χ4v) is 6.85. The van der Waals surface area contributed by atoms with E-state index >= 15 is 0 Å². The van der Waals surface area contributed by atoms with Gasteiger partial charge in [0.05, 0.1) is 11.6 Å². The van der Waals surface area contributed by atoms with Crippen LogP contribution in [0.1, 0.15) is 5.56 Å². The van der Waals surface area contributed by atoms with E-state index in [-0.39, 0.29) is 0 Å². The third kappa shape index (κ3) is 4.05. The van der Waals surface area contributed by atoms with Gasteiger partial charge in [-0.15, -0.1) is 0 Å². The molecule has 46 heavy (non-hydrogen) atoms. The van der Waals surface area contributed by atoms with Crippen LogP contribution in [0.3, 0.4) is 0 Å². The number of benzene rings is 7. The van der Waals surface area contributed by atoms with Crippen LogP contribution >= 0.6 is 0 Å². The van der Waals surface area contributed by atoms with Crippen molar-refractivity contribution in [3.05, 3.63) is 157 Å². The quantitative estimate of drug-likeness (QED) is 0.206. The van der Waals surface area contributed by atoms with Crippen molar-refractivity contribution >= 4 is 43.9 Å². The predicted octanol–water partition coefficient (Wildman–Crippen LogP) is 12.0. The van der Waals surface area contributed by atoms with Crippen molar-refractivity contribution in [2.24, 2.45) is 0 Å². The minimum atomic E-state index is 0.644. The van der Waals surface area contributed by atoms with Gasteiger partial charge in [-0.2, -0.15) is 5.26 Å². The highest BCUT2D eigenvalue weighted by Gasteiger charge is 2.19. The summed E-state index contributed by atoms with van der Waals surface area (Å²) in [5.74, 6) is 0. The molecule has 0 saturated carbocycles. The van der Waals surface area contributed by atoms with Gasteiger partial charge in [-0.3, -0.25) is 0 Å². The molecular formula is C43H25NO2. The van der Waals surface area contributed by atoms with Gasteiger partial charge in [0.2, 0.25) is 0 Å². The highest BCUT2D eigenvalue weighted by Crippen LogP contribution is 2.45. The molecule has 0 saturated heterocycles. The first-order valence-electron chi connectivity index (χ1n) is 15.3. The van der Waals surface area contributed by atoms with E-state index in [0.29, 0.717) is 5.56 Å². The van der Waals surface area contributed by atoms with Crippen LogP contribution in [-0.4, -0.2) is 0 Å². The lowest BCUT2D eigenvalue weighted by Crippen LogP contribution is -1.92. The van der Waals surface area contributed by atoms with Crippen molar-refractivity contribution in [3.8, 4) is 50.6 Å². The van der Waals surface area contributed by atoms with E-state index < -0.39 is 0 Å². The molecule has 0 aliphatic heterocycles. The summed E-state index contributed by atoms with van der Waals surface area (Å²) in [5, 5.41) is 14.4. The number of hydrogen-bond acceptors (Lipinski definition) is 3. The predicted molar refractivity (Wildman–Crippen MR) is 187 cm³/mol. The molecule has 9 aromatic rings. The first-order valence-corrected chi connectivity index (χ1v) is 15.3. The second kappa shape index (κ2) is 10.4. The number of fused-ring (bicyclic) bond motifs is 6. The summed E-state index contributed by atoms with van der Waals surface area (Å²) in [5.41, 5.74) is 12.5. The monoisotopic (exact) mass is 587 g/mol. The first kappa shape index (κ1) is 26.1. The molecule has 0 bridgehead atoms. The van der Waals surface area contributed by atoms with E-state index in [9.17, 15) is 5.26 Å². The number of nitrogens with zero attached hydrogens (tertiary/aromatic N) is 1. The van der Waals surface area contributed by atoms with Gasteiger partial charge in [0.25, 0.3) is 0 Å². The average molecular weight is 588 g/mol. The molecule has 2 aromatic heterocycles. The van der Waals surface area contributed by atoms with Crippen molar-refractivity contribution in [2.75, 3.05) is 0 Å². The van der Waals surface area contributed by atoms with Gasteiger partial charge >= 0.3 is 0 Å². The molecule has 0 aliphatic carbocycles. The van der Waals surface area contributed by atoms with Crippen LogP contribution in [0.4, 0.5) is 0 Å². The van der Waals surface area contributed by atoms with Gasteiger partial charge in [-0.1, -0.05) is 109 Å². The molecule has 0 aliphatic rings. The summed E-state index contributed by atoms with van der Waals surface area (Å²) in [4.78, 5) is 0. The van der Waals surface area contributed by atoms with Gasteiger partial charge in [0, 0.05) is 27.1 Å². The van der Waals surface area contributed by atoms with Crippen molar-refractivity contribution in [1.29, 1.82) is 5.26 Å². The molecule has 3 nitrogen and oxygen atoms in total. The second-order valence-electron chi connectivity index (χ2n) is 11.5. The van der Waals surface area contributed by atoms with E-state index in [1.54, 1.807) is 0 Å². The van der Waals surface area contributed by atoms with E-state index in [2.05, 4.69) is 91.0 Å². The van der Waals surface area contributed by atoms with Gasteiger partial charge in [-0.05, 0) is 81.4 Å². The highest BCUT2D eigenvalue weighted by atomic mass is 16.3. The lowest BCUT2D eigenvalue weighted by atomic mass is 9.85. The zero-order valence-electron chi connectivity index (χ0n) is 24.7. The number of furan rings is 2. The number of para-hydroxylation sites is 2. The highest BCUT2D eigenvalue weighted by molar-refractivity contribution is 6.14. The molecule has 0 amide bonds. The molecule has 2 heterocycles. The maximum absolute atomic E-state index is 10.0. The van der Waals surface area contributed by atoms with Crippen molar-refractivity contribution < 1.29 is 8.83 Å². The van der Waals surface area contributed by atoms with Crippen LogP contribution in [0.25, 0.3) is 88.4 Å². The van der Waals surface area contributed by atoms with Crippen LogP contribution < -0.4 is 0 Å². The SMILES string of the molecule is N#Cc1ccccc1-c1ccccc1-c1cc(-c2ccc3c(c2)oc2ccccc23)ccc1-c1cccc2oc3ccccc3c12. The Bertz CT molecular complexity index is 2670. The molecule has 0 radical (unpaired) electrons. The van der Waals surface area contributed by atoms with E-state index in [1.807, 2.05) is 66.7 Å². The Balaban J connectivity index is 1.33. The third-order valence-electron chi connectivity index (χ3n) is 8.98. The zero-order valence-corrected chi connectivity index (χ0v) is 24.7. The Kier molecular flexibility index (Phi) is 5.88. The second-order valence-corrected chi connectivity index (χ2v) is 11.5. The summed E-state index contributed by atoms with van der Waals surface area (Å²) in [6.07, 6.45) is 0. The van der Waals surface area contributed by atoms with Crippen LogP contribution in [0.2, 0.25) is 0 Å². The molecule has 3 heteroatoms. The first-order chi connectivity index (χ1) is 22.8.